The molecule has 0 saturated carbocycles. The number of ether oxygens (including phenoxy) is 2. The third-order valence-corrected chi connectivity index (χ3v) is 12.5. The predicted molar refractivity (Wildman–Crippen MR) is 305 cm³/mol. The maximum Gasteiger partial charge on any atom is 0.306 e. The number of esters is 2. The topological polar surface area (TPSA) is 111 Å². The van der Waals surface area contributed by atoms with E-state index in [1.54, 1.807) is 0 Å². The van der Waals surface area contributed by atoms with Crippen LogP contribution in [0.4, 0.5) is 0 Å². The number of rotatable bonds is 50. The third-order valence-electron chi connectivity index (χ3n) is 11.5. The number of phosphoric acid groups is 1. The van der Waals surface area contributed by atoms with Crippen LogP contribution in [-0.4, -0.2) is 70.0 Å². The Labute approximate surface area is 441 Å². The van der Waals surface area contributed by atoms with Crippen LogP contribution in [-0.2, 0) is 32.7 Å². The van der Waals surface area contributed by atoms with E-state index < -0.39 is 32.5 Å². The van der Waals surface area contributed by atoms with E-state index in [1.807, 2.05) is 33.3 Å². The van der Waals surface area contributed by atoms with Gasteiger partial charge in [0.2, 0.25) is 0 Å². The number of carbonyl (C=O) groups excluding carboxylic acids is 2. The van der Waals surface area contributed by atoms with Crippen molar-refractivity contribution in [3.05, 3.63) is 122 Å². The smallest absolute Gasteiger partial charge is 0.306 e. The number of carbonyl (C=O) groups is 2. The Kier molecular flexibility index (Phi) is 49.7. The number of hydrogen-bond donors (Lipinski definition) is 0. The summed E-state index contributed by atoms with van der Waals surface area (Å²) in [4.78, 5) is 37.8. The van der Waals surface area contributed by atoms with Gasteiger partial charge >= 0.3 is 11.9 Å². The molecule has 0 amide bonds. The molecule has 0 rings (SSSR count). The molecule has 0 aromatic carbocycles. The Balaban J connectivity index is 4.22. The predicted octanol–water partition coefficient (Wildman–Crippen LogP) is 17.0. The summed E-state index contributed by atoms with van der Waals surface area (Å²) in [5.74, 6) is -0.937. The summed E-state index contributed by atoms with van der Waals surface area (Å²) in [5, 5.41) is 0. The molecule has 9 nitrogen and oxygen atoms in total. The number of phosphoric ester groups is 1. The van der Waals surface area contributed by atoms with E-state index in [0.29, 0.717) is 23.9 Å². The molecular weight excluding hydrogens is 918 g/mol. The summed E-state index contributed by atoms with van der Waals surface area (Å²) in [6, 6.07) is 0. The lowest BCUT2D eigenvalue weighted by atomic mass is 10.0. The van der Waals surface area contributed by atoms with Crippen molar-refractivity contribution >= 4 is 19.8 Å². The van der Waals surface area contributed by atoms with Gasteiger partial charge in [0.1, 0.15) is 19.8 Å². The van der Waals surface area contributed by atoms with Crippen LogP contribution >= 0.6 is 7.82 Å². The minimum Gasteiger partial charge on any atom is -0.756 e. The third kappa shape index (κ3) is 55.7. The molecule has 0 aliphatic rings. The number of hydrogen-bond acceptors (Lipinski definition) is 8. The van der Waals surface area contributed by atoms with Crippen molar-refractivity contribution in [1.29, 1.82) is 0 Å². The molecule has 0 aromatic rings. The molecule has 0 N–H and O–H groups in total. The summed E-state index contributed by atoms with van der Waals surface area (Å²) in [6.07, 6.45) is 74.1. The Bertz CT molecular complexity index is 1630. The molecule has 0 aliphatic heterocycles. The van der Waals surface area contributed by atoms with E-state index in [0.717, 1.165) is 83.5 Å². The van der Waals surface area contributed by atoms with Gasteiger partial charge in [-0.05, 0) is 89.9 Å². The summed E-state index contributed by atoms with van der Waals surface area (Å²) in [7, 11) is 1.11. The number of nitrogens with zero attached hydrogens (tertiary/aromatic N) is 1. The van der Waals surface area contributed by atoms with Crippen molar-refractivity contribution in [3.8, 4) is 0 Å². The lowest BCUT2D eigenvalue weighted by Gasteiger charge is -2.28. The quantitative estimate of drug-likeness (QED) is 0.0195. The molecule has 10 heteroatoms. The molecule has 0 aromatic heterocycles. The highest BCUT2D eigenvalue weighted by molar-refractivity contribution is 7.45. The van der Waals surface area contributed by atoms with Crippen molar-refractivity contribution in [1.82, 2.24) is 0 Å². The molecule has 2 atom stereocenters. The monoisotopic (exact) mass is 1020 g/mol. The van der Waals surface area contributed by atoms with Gasteiger partial charge in [-0.25, -0.2) is 0 Å². The van der Waals surface area contributed by atoms with Crippen molar-refractivity contribution in [2.45, 2.75) is 213 Å². The Morgan fingerprint density at radius 3 is 1.17 bits per heavy atom. The molecule has 0 fully saturated rings. The van der Waals surface area contributed by atoms with Crippen LogP contribution in [0, 0.1) is 0 Å². The largest absolute Gasteiger partial charge is 0.756 e. The fraction of sp³-hybridized carbons (Fsp3) is 0.645. The van der Waals surface area contributed by atoms with Gasteiger partial charge in [0.25, 0.3) is 7.82 Å². The first-order chi connectivity index (χ1) is 35.0. The van der Waals surface area contributed by atoms with E-state index in [-0.39, 0.29) is 26.1 Å². The second-order valence-corrected chi connectivity index (χ2v) is 20.9. The minimum atomic E-state index is -4.66. The average Bonchev–Trinajstić information content (AvgIpc) is 3.34. The summed E-state index contributed by atoms with van der Waals surface area (Å²) in [5.41, 5.74) is 0. The van der Waals surface area contributed by atoms with Gasteiger partial charge in [-0.1, -0.05) is 225 Å². The first-order valence-electron chi connectivity index (χ1n) is 28.2. The molecule has 0 heterocycles. The summed E-state index contributed by atoms with van der Waals surface area (Å²) < 4.78 is 34.0. The SMILES string of the molecule is CC/C=C\C/C=C\C/C=C\C/C=C\C/C=C\C/C=C\CCC(=O)OC(COC(=O)CCCCCCCCCCCCCCCCCC/C=C\C/C=C\C/C=C\C/C=C\CC)COP(=O)([O-])OCC[N+](C)(C)C. The average molecular weight is 1020 g/mol. The molecule has 0 radical (unpaired) electrons. The van der Waals surface area contributed by atoms with Gasteiger partial charge in [-0.2, -0.15) is 0 Å². The van der Waals surface area contributed by atoms with Crippen molar-refractivity contribution in [2.75, 3.05) is 47.5 Å². The fourth-order valence-corrected chi connectivity index (χ4v) is 7.93. The van der Waals surface area contributed by atoms with Crippen LogP contribution in [0.25, 0.3) is 0 Å². The first-order valence-corrected chi connectivity index (χ1v) is 29.7. The van der Waals surface area contributed by atoms with Crippen LogP contribution in [0.15, 0.2) is 122 Å². The molecule has 0 aliphatic carbocycles. The standard InChI is InChI=1S/C62H104NO8P/c1-6-8-10-12-14-16-18-20-22-24-26-27-28-29-30-31-32-33-34-35-37-38-40-42-44-46-48-50-52-54-61(64)68-58-60(59-70-72(66,67)69-57-56-63(3,4)5)71-62(65)55-53-51-49-47-45-43-41-39-36-25-23-21-19-17-15-13-11-9-7-2/h8-11,14-17,20-23,26-27,36,39,43,45,49,51,60H,6-7,12-13,18-19,24-25,28-35,37-38,40-42,44,46-48,50,52-59H2,1-5H3/b10-8-,11-9-,16-14-,17-15-,22-20-,23-21-,27-26-,39-36-,45-43-,51-49-. The van der Waals surface area contributed by atoms with Crippen molar-refractivity contribution < 1.29 is 42.1 Å². The molecule has 0 spiro atoms. The number of unbranched alkanes of at least 4 members (excludes halogenated alkanes) is 16. The maximum absolute atomic E-state index is 12.7. The Morgan fingerprint density at radius 1 is 0.431 bits per heavy atom. The van der Waals surface area contributed by atoms with E-state index in [1.165, 1.54) is 83.5 Å². The highest BCUT2D eigenvalue weighted by Crippen LogP contribution is 2.38. The molecule has 2 unspecified atom stereocenters. The molecule has 410 valence electrons. The van der Waals surface area contributed by atoms with Gasteiger partial charge in [-0.15, -0.1) is 0 Å². The summed E-state index contributed by atoms with van der Waals surface area (Å²) >= 11 is 0. The molecule has 0 bridgehead atoms. The van der Waals surface area contributed by atoms with Crippen LogP contribution in [0.3, 0.4) is 0 Å². The van der Waals surface area contributed by atoms with Gasteiger partial charge in [0.05, 0.1) is 27.7 Å². The highest BCUT2D eigenvalue weighted by atomic mass is 31.2. The maximum atomic E-state index is 12.7. The van der Waals surface area contributed by atoms with Crippen molar-refractivity contribution in [3.63, 3.8) is 0 Å². The summed E-state index contributed by atoms with van der Waals surface area (Å²) in [6.45, 7) is 3.91. The number of likely N-dealkylation sites (N-methyl/N-ethyl adjacent to an activating group) is 1. The van der Waals surface area contributed by atoms with E-state index in [2.05, 4.69) is 123 Å². The van der Waals surface area contributed by atoms with Crippen LogP contribution in [0.2, 0.25) is 0 Å². The van der Waals surface area contributed by atoms with Gasteiger partial charge in [-0.3, -0.25) is 14.2 Å². The molecule has 0 saturated heterocycles. The fourth-order valence-electron chi connectivity index (χ4n) is 7.20. The van der Waals surface area contributed by atoms with Gasteiger partial charge < -0.3 is 27.9 Å². The first kappa shape index (κ1) is 68.4. The van der Waals surface area contributed by atoms with Crippen molar-refractivity contribution in [2.24, 2.45) is 0 Å². The second-order valence-electron chi connectivity index (χ2n) is 19.5. The zero-order valence-corrected chi connectivity index (χ0v) is 47.2. The second kappa shape index (κ2) is 52.3. The van der Waals surface area contributed by atoms with E-state index in [9.17, 15) is 19.0 Å². The Morgan fingerprint density at radius 2 is 0.778 bits per heavy atom. The molecule has 72 heavy (non-hydrogen) atoms. The normalized spacial score (nSPS) is 14.2. The van der Waals surface area contributed by atoms with E-state index >= 15 is 0 Å². The van der Waals surface area contributed by atoms with Crippen LogP contribution < -0.4 is 4.89 Å². The number of allylic oxidation sites excluding steroid dienone is 20. The highest BCUT2D eigenvalue weighted by Gasteiger charge is 2.21. The molecular formula is C62H104NO8P. The van der Waals surface area contributed by atoms with E-state index in [4.69, 9.17) is 18.5 Å². The van der Waals surface area contributed by atoms with Gasteiger partial charge in [0.15, 0.2) is 6.10 Å². The lowest BCUT2D eigenvalue weighted by Crippen LogP contribution is -2.37. The minimum absolute atomic E-state index is 0.0501. The zero-order valence-electron chi connectivity index (χ0n) is 46.3. The van der Waals surface area contributed by atoms with Crippen LogP contribution in [0.5, 0.6) is 0 Å². The van der Waals surface area contributed by atoms with Crippen LogP contribution in [0.1, 0.15) is 206 Å². The Hall–Kier alpha value is -3.59. The lowest BCUT2D eigenvalue weighted by molar-refractivity contribution is -0.870. The van der Waals surface area contributed by atoms with Gasteiger partial charge in [0, 0.05) is 12.8 Å². The number of quaternary nitrogens is 1. The zero-order chi connectivity index (χ0) is 52.7.